The third-order valence-electron chi connectivity index (χ3n) is 4.95. The van der Waals surface area contributed by atoms with Gasteiger partial charge in [-0.15, -0.1) is 0 Å². The van der Waals surface area contributed by atoms with Crippen molar-refractivity contribution in [1.29, 1.82) is 0 Å². The molecule has 1 aromatic heterocycles. The zero-order chi connectivity index (χ0) is 18.8. The molecule has 0 spiro atoms. The summed E-state index contributed by atoms with van der Waals surface area (Å²) in [5.74, 6) is -1.00. The van der Waals surface area contributed by atoms with Crippen LogP contribution in [0.4, 0.5) is 5.82 Å². The summed E-state index contributed by atoms with van der Waals surface area (Å²) in [5, 5.41) is 9.09. The Morgan fingerprint density at radius 3 is 2.68 bits per heavy atom. The summed E-state index contributed by atoms with van der Waals surface area (Å²) in [4.78, 5) is 31.4. The number of hydrogen-bond donors (Lipinski definition) is 2. The number of nitrogens with one attached hydrogen (secondary N) is 1. The Labute approximate surface area is 148 Å². The summed E-state index contributed by atoms with van der Waals surface area (Å²) < 4.78 is 6.07. The average Bonchev–Trinajstić information content (AvgIpc) is 2.43. The van der Waals surface area contributed by atoms with Crippen molar-refractivity contribution in [2.75, 3.05) is 24.6 Å². The second-order valence-electron chi connectivity index (χ2n) is 7.89. The zero-order valence-corrected chi connectivity index (χ0v) is 16.5. The summed E-state index contributed by atoms with van der Waals surface area (Å²) in [6.45, 7) is 12.1. The van der Waals surface area contributed by atoms with Gasteiger partial charge in [0, 0.05) is 19.3 Å². The van der Waals surface area contributed by atoms with Crippen LogP contribution in [-0.2, 0) is 9.22 Å². The van der Waals surface area contributed by atoms with Gasteiger partial charge in [0.2, 0.25) is 0 Å². The number of carboxylic acids is 1. The highest BCUT2D eigenvalue weighted by molar-refractivity contribution is 6.74. The molecule has 0 atom stereocenters. The molecule has 0 radical (unpaired) electrons. The molecular weight excluding hydrogens is 338 g/mol. The standard InChI is InChI=1S/C17H27N3O4Si/c1-17(2,3)25(4,5)24-8-6-7-13-9-18-15(21)14(19-13)20-10-12(11-20)16(22)23/h6-7,9,12H,8,10-11H2,1-5H3,(H,18,21)(H,22,23). The van der Waals surface area contributed by atoms with Crippen LogP contribution >= 0.6 is 0 Å². The van der Waals surface area contributed by atoms with E-state index in [0.29, 0.717) is 25.4 Å². The van der Waals surface area contributed by atoms with Gasteiger partial charge in [-0.25, -0.2) is 4.98 Å². The molecule has 1 aromatic rings. The first-order chi connectivity index (χ1) is 11.5. The van der Waals surface area contributed by atoms with Crippen LogP contribution in [-0.4, -0.2) is 49.1 Å². The van der Waals surface area contributed by atoms with Gasteiger partial charge in [-0.05, 0) is 24.2 Å². The lowest BCUT2D eigenvalue weighted by Crippen LogP contribution is -2.52. The summed E-state index contributed by atoms with van der Waals surface area (Å²) in [6.07, 6.45) is 5.24. The average molecular weight is 366 g/mol. The molecule has 2 rings (SSSR count). The predicted molar refractivity (Wildman–Crippen MR) is 100 cm³/mol. The molecule has 1 aliphatic heterocycles. The molecule has 0 aromatic carbocycles. The lowest BCUT2D eigenvalue weighted by Gasteiger charge is -2.36. The van der Waals surface area contributed by atoms with E-state index in [1.54, 1.807) is 17.2 Å². The van der Waals surface area contributed by atoms with Gasteiger partial charge in [0.25, 0.3) is 5.56 Å². The lowest BCUT2D eigenvalue weighted by atomic mass is 10.0. The first-order valence-electron chi connectivity index (χ1n) is 8.39. The van der Waals surface area contributed by atoms with Crippen molar-refractivity contribution < 1.29 is 14.3 Å². The van der Waals surface area contributed by atoms with Crippen molar-refractivity contribution in [2.24, 2.45) is 5.92 Å². The number of anilines is 1. The van der Waals surface area contributed by atoms with E-state index >= 15 is 0 Å². The zero-order valence-electron chi connectivity index (χ0n) is 15.5. The van der Waals surface area contributed by atoms with Gasteiger partial charge in [-0.3, -0.25) is 9.59 Å². The van der Waals surface area contributed by atoms with Gasteiger partial charge in [0.15, 0.2) is 14.1 Å². The van der Waals surface area contributed by atoms with Crippen LogP contribution in [0.15, 0.2) is 17.1 Å². The molecule has 138 valence electrons. The number of rotatable bonds is 6. The fourth-order valence-corrected chi connectivity index (χ4v) is 3.10. The largest absolute Gasteiger partial charge is 0.481 e. The number of H-pyrrole nitrogens is 1. The molecule has 1 saturated heterocycles. The van der Waals surface area contributed by atoms with E-state index in [1.165, 1.54) is 0 Å². The molecule has 0 aliphatic carbocycles. The number of carboxylic acid groups (broad SMARTS) is 1. The molecule has 0 amide bonds. The Morgan fingerprint density at radius 2 is 2.12 bits per heavy atom. The summed E-state index contributed by atoms with van der Waals surface area (Å²) >= 11 is 0. The summed E-state index contributed by atoms with van der Waals surface area (Å²) in [7, 11) is -1.79. The van der Waals surface area contributed by atoms with Gasteiger partial charge in [0.1, 0.15) is 0 Å². The van der Waals surface area contributed by atoms with Gasteiger partial charge >= 0.3 is 5.97 Å². The number of aliphatic carboxylic acids is 1. The maximum Gasteiger partial charge on any atom is 0.310 e. The summed E-state index contributed by atoms with van der Waals surface area (Å²) in [5.41, 5.74) is 0.311. The van der Waals surface area contributed by atoms with Crippen LogP contribution in [0.3, 0.4) is 0 Å². The van der Waals surface area contributed by atoms with Crippen LogP contribution in [0, 0.1) is 5.92 Å². The fraction of sp³-hybridized carbons (Fsp3) is 0.588. The number of aromatic nitrogens is 2. The topological polar surface area (TPSA) is 95.5 Å². The van der Waals surface area contributed by atoms with Crippen LogP contribution in [0.5, 0.6) is 0 Å². The minimum Gasteiger partial charge on any atom is -0.481 e. The molecule has 7 nitrogen and oxygen atoms in total. The van der Waals surface area contributed by atoms with E-state index < -0.39 is 20.2 Å². The first kappa shape index (κ1) is 19.4. The van der Waals surface area contributed by atoms with E-state index in [-0.39, 0.29) is 16.4 Å². The highest BCUT2D eigenvalue weighted by atomic mass is 28.4. The van der Waals surface area contributed by atoms with Crippen molar-refractivity contribution in [3.05, 3.63) is 28.3 Å². The lowest BCUT2D eigenvalue weighted by molar-refractivity contribution is -0.142. The Balaban J connectivity index is 1.98. The smallest absolute Gasteiger partial charge is 0.310 e. The van der Waals surface area contributed by atoms with Gasteiger partial charge in [-0.2, -0.15) is 0 Å². The second-order valence-corrected chi connectivity index (χ2v) is 12.7. The maximum absolute atomic E-state index is 11.9. The number of aromatic amines is 1. The van der Waals surface area contributed by atoms with E-state index in [2.05, 4.69) is 43.8 Å². The second kappa shape index (κ2) is 7.13. The highest BCUT2D eigenvalue weighted by Gasteiger charge is 2.37. The Kier molecular flexibility index (Phi) is 5.53. The SMILES string of the molecule is CC(C)(C)[Si](C)(C)OCC=Cc1c[nH]c(=O)c(N2CC(C(=O)O)C2)n1. The Bertz CT molecular complexity index is 715. The molecule has 1 fully saturated rings. The van der Waals surface area contributed by atoms with Crippen LogP contribution < -0.4 is 10.5 Å². The third-order valence-corrected chi connectivity index (χ3v) is 9.46. The minimum atomic E-state index is -1.79. The van der Waals surface area contributed by atoms with E-state index in [4.69, 9.17) is 9.53 Å². The fourth-order valence-electron chi connectivity index (χ4n) is 2.16. The van der Waals surface area contributed by atoms with Crippen molar-refractivity contribution >= 4 is 26.2 Å². The van der Waals surface area contributed by atoms with Crippen molar-refractivity contribution in [3.8, 4) is 0 Å². The molecule has 2 heterocycles. The molecule has 2 N–H and O–H groups in total. The molecule has 25 heavy (non-hydrogen) atoms. The monoisotopic (exact) mass is 365 g/mol. The van der Waals surface area contributed by atoms with Crippen LogP contribution in [0.1, 0.15) is 26.5 Å². The Morgan fingerprint density at radius 1 is 1.48 bits per heavy atom. The van der Waals surface area contributed by atoms with Gasteiger partial charge in [0.05, 0.1) is 18.2 Å². The normalized spacial score (nSPS) is 16.3. The molecule has 0 saturated carbocycles. The number of hydrogen-bond acceptors (Lipinski definition) is 5. The van der Waals surface area contributed by atoms with Crippen molar-refractivity contribution in [1.82, 2.24) is 9.97 Å². The van der Waals surface area contributed by atoms with E-state index in [1.807, 2.05) is 6.08 Å². The Hall–Kier alpha value is -1.93. The first-order valence-corrected chi connectivity index (χ1v) is 11.3. The molecule has 8 heteroatoms. The molecular formula is C17H27N3O4Si. The highest BCUT2D eigenvalue weighted by Crippen LogP contribution is 2.36. The van der Waals surface area contributed by atoms with Crippen molar-refractivity contribution in [2.45, 2.75) is 38.9 Å². The van der Waals surface area contributed by atoms with Gasteiger partial charge in [-0.1, -0.05) is 26.8 Å². The molecule has 0 bridgehead atoms. The van der Waals surface area contributed by atoms with Crippen LogP contribution in [0.2, 0.25) is 18.1 Å². The van der Waals surface area contributed by atoms with Crippen molar-refractivity contribution in [3.63, 3.8) is 0 Å². The predicted octanol–water partition coefficient (Wildman–Crippen LogP) is 2.33. The third kappa shape index (κ3) is 4.58. The number of nitrogens with zero attached hydrogens (tertiary/aromatic N) is 2. The van der Waals surface area contributed by atoms with E-state index in [9.17, 15) is 9.59 Å². The van der Waals surface area contributed by atoms with Crippen LogP contribution in [0.25, 0.3) is 6.08 Å². The number of carbonyl (C=O) groups is 1. The summed E-state index contributed by atoms with van der Waals surface area (Å²) in [6, 6.07) is 0. The van der Waals surface area contributed by atoms with E-state index in [0.717, 1.165) is 0 Å². The maximum atomic E-state index is 11.9. The molecule has 1 aliphatic rings. The van der Waals surface area contributed by atoms with Gasteiger partial charge < -0.3 is 19.4 Å². The minimum absolute atomic E-state index is 0.155. The quantitative estimate of drug-likeness (QED) is 0.751. The molecule has 0 unspecified atom stereocenters.